The van der Waals surface area contributed by atoms with Crippen molar-refractivity contribution in [1.29, 1.82) is 0 Å². The number of aliphatic carboxylic acids is 1. The van der Waals surface area contributed by atoms with Crippen LogP contribution in [0.3, 0.4) is 0 Å². The predicted octanol–water partition coefficient (Wildman–Crippen LogP) is 2.73. The van der Waals surface area contributed by atoms with Gasteiger partial charge >= 0.3 is 5.97 Å². The minimum Gasteiger partial charge on any atom is -0.481 e. The Balaban J connectivity index is 1.94. The first-order valence-electron chi connectivity index (χ1n) is 6.65. The molecule has 21 heavy (non-hydrogen) atoms. The molecule has 1 aromatic carbocycles. The number of hydrogen-bond acceptors (Lipinski definition) is 3. The van der Waals surface area contributed by atoms with Crippen LogP contribution in [-0.4, -0.2) is 23.5 Å². The van der Waals surface area contributed by atoms with Crippen LogP contribution in [0.15, 0.2) is 41.1 Å². The SMILES string of the molecule is Cc1ccc(C[C@H](CNC(=O)c2ccsc2)C(=O)O)cc1. The summed E-state index contributed by atoms with van der Waals surface area (Å²) < 4.78 is 0. The van der Waals surface area contributed by atoms with Crippen LogP contribution in [0.5, 0.6) is 0 Å². The molecule has 2 rings (SSSR count). The molecule has 1 atom stereocenters. The first-order valence-corrected chi connectivity index (χ1v) is 7.59. The topological polar surface area (TPSA) is 66.4 Å². The van der Waals surface area contributed by atoms with Gasteiger partial charge in [-0.25, -0.2) is 0 Å². The molecule has 0 aliphatic rings. The Labute approximate surface area is 127 Å². The number of nitrogens with one attached hydrogen (secondary N) is 1. The van der Waals surface area contributed by atoms with Crippen molar-refractivity contribution in [3.8, 4) is 0 Å². The molecule has 2 N–H and O–H groups in total. The molecule has 2 aromatic rings. The second kappa shape index (κ2) is 7.04. The third-order valence-corrected chi connectivity index (χ3v) is 3.93. The van der Waals surface area contributed by atoms with Crippen molar-refractivity contribution in [3.63, 3.8) is 0 Å². The molecular weight excluding hydrogens is 286 g/mol. The Bertz CT molecular complexity index is 605. The van der Waals surface area contributed by atoms with E-state index < -0.39 is 11.9 Å². The number of hydrogen-bond donors (Lipinski definition) is 2. The van der Waals surface area contributed by atoms with Crippen LogP contribution >= 0.6 is 11.3 Å². The Morgan fingerprint density at radius 2 is 1.95 bits per heavy atom. The van der Waals surface area contributed by atoms with Gasteiger partial charge in [-0.3, -0.25) is 9.59 Å². The number of thiophene rings is 1. The molecule has 0 saturated heterocycles. The van der Waals surface area contributed by atoms with Crippen LogP contribution in [0.1, 0.15) is 21.5 Å². The molecule has 0 spiro atoms. The molecule has 0 aliphatic heterocycles. The number of rotatable bonds is 6. The van der Waals surface area contributed by atoms with E-state index in [1.165, 1.54) is 11.3 Å². The van der Waals surface area contributed by atoms with Crippen molar-refractivity contribution in [1.82, 2.24) is 5.32 Å². The fourth-order valence-corrected chi connectivity index (χ4v) is 2.60. The Hall–Kier alpha value is -2.14. The number of carbonyl (C=O) groups is 2. The van der Waals surface area contributed by atoms with Crippen molar-refractivity contribution in [2.24, 2.45) is 5.92 Å². The maximum atomic E-state index is 11.8. The maximum Gasteiger partial charge on any atom is 0.308 e. The highest BCUT2D eigenvalue weighted by Crippen LogP contribution is 2.11. The van der Waals surface area contributed by atoms with Crippen LogP contribution < -0.4 is 5.32 Å². The molecule has 0 bridgehead atoms. The lowest BCUT2D eigenvalue weighted by Gasteiger charge is -2.13. The summed E-state index contributed by atoms with van der Waals surface area (Å²) in [6.45, 7) is 2.11. The minimum atomic E-state index is -0.902. The summed E-state index contributed by atoms with van der Waals surface area (Å²) in [6, 6.07) is 9.48. The van der Waals surface area contributed by atoms with Crippen LogP contribution in [0.2, 0.25) is 0 Å². The number of carbonyl (C=O) groups excluding carboxylic acids is 1. The Kier molecular flexibility index (Phi) is 5.11. The lowest BCUT2D eigenvalue weighted by atomic mass is 9.98. The molecule has 110 valence electrons. The Morgan fingerprint density at radius 1 is 1.24 bits per heavy atom. The van der Waals surface area contributed by atoms with E-state index >= 15 is 0 Å². The standard InChI is InChI=1S/C16H17NO3S/c1-11-2-4-12(5-3-11)8-14(16(19)20)9-17-15(18)13-6-7-21-10-13/h2-7,10,14H,8-9H2,1H3,(H,17,18)(H,19,20)/t14-/m1/s1. The number of aryl methyl sites for hydroxylation is 1. The monoisotopic (exact) mass is 303 g/mol. The summed E-state index contributed by atoms with van der Waals surface area (Å²) >= 11 is 1.44. The van der Waals surface area contributed by atoms with Gasteiger partial charge in [0.1, 0.15) is 0 Å². The van der Waals surface area contributed by atoms with Crippen LogP contribution in [-0.2, 0) is 11.2 Å². The second-order valence-electron chi connectivity index (χ2n) is 4.95. The first-order chi connectivity index (χ1) is 10.1. The third kappa shape index (κ3) is 4.43. The lowest BCUT2D eigenvalue weighted by molar-refractivity contribution is -0.141. The van der Waals surface area contributed by atoms with Gasteiger partial charge in [0, 0.05) is 17.5 Å². The van der Waals surface area contributed by atoms with E-state index in [9.17, 15) is 14.7 Å². The quantitative estimate of drug-likeness (QED) is 0.862. The lowest BCUT2D eigenvalue weighted by Crippen LogP contribution is -2.33. The summed E-state index contributed by atoms with van der Waals surface area (Å²) in [7, 11) is 0. The summed E-state index contributed by atoms with van der Waals surface area (Å²) in [6.07, 6.45) is 0.402. The fourth-order valence-electron chi connectivity index (χ4n) is 1.97. The van der Waals surface area contributed by atoms with Gasteiger partial charge in [-0.15, -0.1) is 0 Å². The summed E-state index contributed by atoms with van der Waals surface area (Å²) in [5.41, 5.74) is 2.66. The maximum absolute atomic E-state index is 11.8. The third-order valence-electron chi connectivity index (χ3n) is 3.24. The van der Waals surface area contributed by atoms with E-state index in [2.05, 4.69) is 5.32 Å². The van der Waals surface area contributed by atoms with Gasteiger partial charge in [0.05, 0.1) is 5.92 Å². The zero-order valence-corrected chi connectivity index (χ0v) is 12.5. The van der Waals surface area contributed by atoms with Crippen molar-refractivity contribution < 1.29 is 14.7 Å². The average molecular weight is 303 g/mol. The van der Waals surface area contributed by atoms with Crippen molar-refractivity contribution >= 4 is 23.2 Å². The predicted molar refractivity (Wildman–Crippen MR) is 82.7 cm³/mol. The number of carboxylic acid groups (broad SMARTS) is 1. The molecule has 0 radical (unpaired) electrons. The van der Waals surface area contributed by atoms with Gasteiger partial charge in [-0.2, -0.15) is 11.3 Å². The Morgan fingerprint density at radius 3 is 2.52 bits per heavy atom. The van der Waals surface area contributed by atoms with Gasteiger partial charge in [0.2, 0.25) is 0 Å². The molecule has 5 heteroatoms. The first kappa shape index (κ1) is 15.3. The van der Waals surface area contributed by atoms with E-state index in [4.69, 9.17) is 0 Å². The van der Waals surface area contributed by atoms with Crippen LogP contribution in [0, 0.1) is 12.8 Å². The summed E-state index contributed by atoms with van der Waals surface area (Å²) in [5.74, 6) is -1.76. The van der Waals surface area contributed by atoms with E-state index in [1.54, 1.807) is 11.4 Å². The van der Waals surface area contributed by atoms with Crippen molar-refractivity contribution in [3.05, 3.63) is 57.8 Å². The summed E-state index contributed by atoms with van der Waals surface area (Å²) in [4.78, 5) is 23.2. The highest BCUT2D eigenvalue weighted by Gasteiger charge is 2.19. The van der Waals surface area contributed by atoms with Gasteiger partial charge in [-0.05, 0) is 30.4 Å². The molecule has 1 amide bonds. The fraction of sp³-hybridized carbons (Fsp3) is 0.250. The normalized spacial score (nSPS) is 11.9. The summed E-state index contributed by atoms with van der Waals surface area (Å²) in [5, 5.41) is 15.5. The zero-order valence-electron chi connectivity index (χ0n) is 11.7. The molecule has 0 aliphatic carbocycles. The molecular formula is C16H17NO3S. The largest absolute Gasteiger partial charge is 0.481 e. The van der Waals surface area contributed by atoms with Gasteiger partial charge in [0.25, 0.3) is 5.91 Å². The van der Waals surface area contributed by atoms with Gasteiger partial charge < -0.3 is 10.4 Å². The molecule has 0 saturated carbocycles. The van der Waals surface area contributed by atoms with Crippen LogP contribution in [0.25, 0.3) is 0 Å². The molecule has 4 nitrogen and oxygen atoms in total. The molecule has 0 fully saturated rings. The number of benzene rings is 1. The number of amides is 1. The van der Waals surface area contributed by atoms with Gasteiger partial charge in [-0.1, -0.05) is 29.8 Å². The second-order valence-corrected chi connectivity index (χ2v) is 5.73. The zero-order chi connectivity index (χ0) is 15.2. The highest BCUT2D eigenvalue weighted by atomic mass is 32.1. The minimum absolute atomic E-state index is 0.123. The molecule has 1 aromatic heterocycles. The van der Waals surface area contributed by atoms with Crippen molar-refractivity contribution in [2.75, 3.05) is 6.54 Å². The average Bonchev–Trinajstić information content (AvgIpc) is 2.99. The van der Waals surface area contributed by atoms with Crippen molar-refractivity contribution in [2.45, 2.75) is 13.3 Å². The molecule has 0 unspecified atom stereocenters. The van der Waals surface area contributed by atoms with E-state index in [0.717, 1.165) is 11.1 Å². The highest BCUT2D eigenvalue weighted by molar-refractivity contribution is 7.08. The smallest absolute Gasteiger partial charge is 0.308 e. The van der Waals surface area contributed by atoms with Gasteiger partial charge in [0.15, 0.2) is 0 Å². The van der Waals surface area contributed by atoms with Crippen LogP contribution in [0.4, 0.5) is 0 Å². The van der Waals surface area contributed by atoms with E-state index in [-0.39, 0.29) is 12.5 Å². The number of carboxylic acids is 1. The van der Waals surface area contributed by atoms with E-state index in [0.29, 0.717) is 12.0 Å². The van der Waals surface area contributed by atoms with E-state index in [1.807, 2.05) is 36.6 Å². The molecule has 1 heterocycles.